The Balaban J connectivity index is 3.09. The summed E-state index contributed by atoms with van der Waals surface area (Å²) in [5, 5.41) is 0. The molecule has 0 aliphatic carbocycles. The largest absolute Gasteiger partial charge is 0.0654 e. The van der Waals surface area contributed by atoms with Crippen LogP contribution in [-0.2, 0) is 12.8 Å². The molecule has 0 amide bonds. The van der Waals surface area contributed by atoms with Gasteiger partial charge in [-0.05, 0) is 41.9 Å². The van der Waals surface area contributed by atoms with Crippen LogP contribution in [0.15, 0.2) is 18.2 Å². The molecule has 0 nitrogen and oxygen atoms in total. The number of hydrogen-bond acceptors (Lipinski definition) is 0. The SMILES string of the molecule is CCC[C@@H](C)c1c(CC)cccc1CC. The second-order valence-corrected chi connectivity index (χ2v) is 4.39. The molecule has 0 saturated carbocycles. The molecule has 0 unspecified atom stereocenters. The molecule has 0 heteroatoms. The van der Waals surface area contributed by atoms with Crippen LogP contribution in [0, 0.1) is 0 Å². The third-order valence-corrected chi connectivity index (χ3v) is 3.26. The summed E-state index contributed by atoms with van der Waals surface area (Å²) in [6.07, 6.45) is 4.92. The molecule has 15 heavy (non-hydrogen) atoms. The van der Waals surface area contributed by atoms with E-state index in [0.717, 1.165) is 18.8 Å². The van der Waals surface area contributed by atoms with Gasteiger partial charge < -0.3 is 0 Å². The van der Waals surface area contributed by atoms with Gasteiger partial charge >= 0.3 is 0 Å². The summed E-state index contributed by atoms with van der Waals surface area (Å²) in [4.78, 5) is 0. The molecule has 84 valence electrons. The lowest BCUT2D eigenvalue weighted by atomic mass is 9.86. The Kier molecular flexibility index (Phi) is 4.87. The maximum atomic E-state index is 2.37. The molecule has 0 aromatic heterocycles. The van der Waals surface area contributed by atoms with Gasteiger partial charge in [-0.2, -0.15) is 0 Å². The quantitative estimate of drug-likeness (QED) is 0.651. The van der Waals surface area contributed by atoms with Crippen molar-refractivity contribution in [3.63, 3.8) is 0 Å². The molecule has 0 radical (unpaired) electrons. The molecular weight excluding hydrogens is 180 g/mol. The Morgan fingerprint density at radius 2 is 1.53 bits per heavy atom. The van der Waals surface area contributed by atoms with E-state index in [0.29, 0.717) is 0 Å². The molecule has 0 aliphatic rings. The molecule has 0 aliphatic heterocycles. The Morgan fingerprint density at radius 3 is 1.93 bits per heavy atom. The predicted molar refractivity (Wildman–Crippen MR) is 68.5 cm³/mol. The number of aryl methyl sites for hydroxylation is 2. The molecule has 1 rings (SSSR count). The Labute approximate surface area is 94.7 Å². The first-order chi connectivity index (χ1) is 7.24. The third kappa shape index (κ3) is 2.84. The van der Waals surface area contributed by atoms with Gasteiger partial charge in [0.05, 0.1) is 0 Å². The van der Waals surface area contributed by atoms with Gasteiger partial charge in [-0.15, -0.1) is 0 Å². The highest BCUT2D eigenvalue weighted by Gasteiger charge is 2.12. The zero-order chi connectivity index (χ0) is 11.3. The summed E-state index contributed by atoms with van der Waals surface area (Å²) in [6.45, 7) is 9.17. The summed E-state index contributed by atoms with van der Waals surface area (Å²) < 4.78 is 0. The van der Waals surface area contributed by atoms with Crippen molar-refractivity contribution >= 4 is 0 Å². The summed E-state index contributed by atoms with van der Waals surface area (Å²) in [5.74, 6) is 0.723. The maximum Gasteiger partial charge on any atom is -0.0185 e. The Bertz CT molecular complexity index is 277. The molecule has 1 atom stereocenters. The Hall–Kier alpha value is -0.780. The summed E-state index contributed by atoms with van der Waals surface area (Å²) in [6, 6.07) is 6.79. The lowest BCUT2D eigenvalue weighted by Gasteiger charge is -2.19. The number of rotatable bonds is 5. The van der Waals surface area contributed by atoms with Crippen molar-refractivity contribution in [1.82, 2.24) is 0 Å². The van der Waals surface area contributed by atoms with E-state index in [1.54, 1.807) is 16.7 Å². The van der Waals surface area contributed by atoms with E-state index in [2.05, 4.69) is 45.9 Å². The lowest BCUT2D eigenvalue weighted by molar-refractivity contribution is 0.652. The molecule has 0 bridgehead atoms. The second kappa shape index (κ2) is 5.95. The molecule has 0 saturated heterocycles. The van der Waals surface area contributed by atoms with Crippen LogP contribution in [0.1, 0.15) is 63.1 Å². The summed E-state index contributed by atoms with van der Waals surface area (Å²) in [5.41, 5.74) is 4.73. The van der Waals surface area contributed by atoms with E-state index >= 15 is 0 Å². The van der Waals surface area contributed by atoms with Crippen LogP contribution < -0.4 is 0 Å². The highest BCUT2D eigenvalue weighted by molar-refractivity contribution is 5.38. The first-order valence-electron chi connectivity index (χ1n) is 6.35. The topological polar surface area (TPSA) is 0 Å². The average Bonchev–Trinajstić information content (AvgIpc) is 2.28. The van der Waals surface area contributed by atoms with Crippen LogP contribution in [0.25, 0.3) is 0 Å². The normalized spacial score (nSPS) is 12.8. The molecule has 0 N–H and O–H groups in total. The molecule has 0 fully saturated rings. The summed E-state index contributed by atoms with van der Waals surface area (Å²) in [7, 11) is 0. The van der Waals surface area contributed by atoms with Gasteiger partial charge in [0.2, 0.25) is 0 Å². The first kappa shape index (κ1) is 12.3. The minimum Gasteiger partial charge on any atom is -0.0654 e. The van der Waals surface area contributed by atoms with Gasteiger partial charge in [0, 0.05) is 0 Å². The zero-order valence-corrected chi connectivity index (χ0v) is 10.6. The fourth-order valence-electron chi connectivity index (χ4n) is 2.49. The van der Waals surface area contributed by atoms with Gasteiger partial charge in [0.25, 0.3) is 0 Å². The van der Waals surface area contributed by atoms with Gasteiger partial charge in [0.15, 0.2) is 0 Å². The van der Waals surface area contributed by atoms with Crippen LogP contribution in [0.5, 0.6) is 0 Å². The fourth-order valence-corrected chi connectivity index (χ4v) is 2.49. The van der Waals surface area contributed by atoms with Crippen LogP contribution in [0.4, 0.5) is 0 Å². The highest BCUT2D eigenvalue weighted by atomic mass is 14.2. The number of hydrogen-bond donors (Lipinski definition) is 0. The van der Waals surface area contributed by atoms with Gasteiger partial charge in [-0.3, -0.25) is 0 Å². The van der Waals surface area contributed by atoms with Crippen molar-refractivity contribution in [2.75, 3.05) is 0 Å². The average molecular weight is 204 g/mol. The van der Waals surface area contributed by atoms with Crippen molar-refractivity contribution in [2.45, 2.75) is 59.3 Å². The molecule has 0 spiro atoms. The van der Waals surface area contributed by atoms with E-state index in [1.807, 2.05) is 0 Å². The molecule has 0 heterocycles. The van der Waals surface area contributed by atoms with Crippen molar-refractivity contribution in [3.8, 4) is 0 Å². The van der Waals surface area contributed by atoms with E-state index in [4.69, 9.17) is 0 Å². The van der Waals surface area contributed by atoms with Crippen molar-refractivity contribution in [2.24, 2.45) is 0 Å². The van der Waals surface area contributed by atoms with Crippen LogP contribution in [0.3, 0.4) is 0 Å². The Morgan fingerprint density at radius 1 is 1.00 bits per heavy atom. The minimum atomic E-state index is 0.723. The fraction of sp³-hybridized carbons (Fsp3) is 0.600. The molecule has 1 aromatic rings. The van der Waals surface area contributed by atoms with E-state index in [1.165, 1.54) is 12.8 Å². The van der Waals surface area contributed by atoms with Gasteiger partial charge in [-0.1, -0.05) is 52.3 Å². The van der Waals surface area contributed by atoms with E-state index in [9.17, 15) is 0 Å². The maximum absolute atomic E-state index is 2.37. The van der Waals surface area contributed by atoms with Crippen molar-refractivity contribution in [3.05, 3.63) is 34.9 Å². The standard InChI is InChI=1S/C15H24/c1-5-9-12(4)15-13(6-2)10-8-11-14(15)7-3/h8,10-12H,5-7,9H2,1-4H3/t12-/m1/s1. The van der Waals surface area contributed by atoms with Crippen LogP contribution in [0.2, 0.25) is 0 Å². The minimum absolute atomic E-state index is 0.723. The monoisotopic (exact) mass is 204 g/mol. The first-order valence-corrected chi connectivity index (χ1v) is 6.35. The second-order valence-electron chi connectivity index (χ2n) is 4.39. The predicted octanol–water partition coefficient (Wildman–Crippen LogP) is 4.72. The van der Waals surface area contributed by atoms with E-state index in [-0.39, 0.29) is 0 Å². The van der Waals surface area contributed by atoms with Crippen molar-refractivity contribution in [1.29, 1.82) is 0 Å². The van der Waals surface area contributed by atoms with Crippen molar-refractivity contribution < 1.29 is 0 Å². The van der Waals surface area contributed by atoms with Crippen LogP contribution in [-0.4, -0.2) is 0 Å². The van der Waals surface area contributed by atoms with Gasteiger partial charge in [0.1, 0.15) is 0 Å². The van der Waals surface area contributed by atoms with E-state index < -0.39 is 0 Å². The smallest absolute Gasteiger partial charge is 0.0185 e. The van der Waals surface area contributed by atoms with Crippen LogP contribution >= 0.6 is 0 Å². The highest BCUT2D eigenvalue weighted by Crippen LogP contribution is 2.28. The summed E-state index contributed by atoms with van der Waals surface area (Å²) >= 11 is 0. The third-order valence-electron chi connectivity index (χ3n) is 3.26. The van der Waals surface area contributed by atoms with Gasteiger partial charge in [-0.25, -0.2) is 0 Å². The zero-order valence-electron chi connectivity index (χ0n) is 10.6. The molecule has 1 aromatic carbocycles. The number of benzene rings is 1. The molecular formula is C15H24. The lowest BCUT2D eigenvalue weighted by Crippen LogP contribution is -2.03.